The maximum atomic E-state index is 11.6. The number of amides is 2. The van der Waals surface area contributed by atoms with Gasteiger partial charge in [0.25, 0.3) is 0 Å². The van der Waals surface area contributed by atoms with Crippen LogP contribution in [0.2, 0.25) is 0 Å². The highest BCUT2D eigenvalue weighted by molar-refractivity contribution is 5.73. The maximum Gasteiger partial charge on any atom is 0.426 e. The Balaban J connectivity index is 3.25. The lowest BCUT2D eigenvalue weighted by atomic mass is 10.0. The molecule has 0 spiro atoms. The molecule has 2 amide bonds. The topological polar surface area (TPSA) is 76.7 Å². The van der Waals surface area contributed by atoms with Gasteiger partial charge in [-0.15, -0.1) is 0 Å². The van der Waals surface area contributed by atoms with Gasteiger partial charge in [0.05, 0.1) is 13.2 Å². The zero-order chi connectivity index (χ0) is 25.0. The second-order valence-electron chi connectivity index (χ2n) is 9.59. The molecule has 202 valence electrons. The Morgan fingerprint density at radius 3 is 0.912 bits per heavy atom. The van der Waals surface area contributed by atoms with Crippen LogP contribution in [0.15, 0.2) is 0 Å². The highest BCUT2D eigenvalue weighted by atomic mass is 16.6. The van der Waals surface area contributed by atoms with E-state index in [0.29, 0.717) is 13.2 Å². The fraction of sp³-hybridized carbons (Fsp3) is 0.929. The third-order valence-corrected chi connectivity index (χ3v) is 6.23. The number of hydrazine groups is 1. The van der Waals surface area contributed by atoms with E-state index in [2.05, 4.69) is 24.7 Å². The van der Waals surface area contributed by atoms with E-state index >= 15 is 0 Å². The Labute approximate surface area is 210 Å². The molecule has 0 rings (SSSR count). The molecule has 34 heavy (non-hydrogen) atoms. The van der Waals surface area contributed by atoms with Gasteiger partial charge in [0.15, 0.2) is 0 Å². The van der Waals surface area contributed by atoms with Crippen LogP contribution in [0, 0.1) is 0 Å². The maximum absolute atomic E-state index is 11.6. The van der Waals surface area contributed by atoms with Crippen LogP contribution >= 0.6 is 0 Å². The van der Waals surface area contributed by atoms with Crippen molar-refractivity contribution in [2.45, 2.75) is 155 Å². The fourth-order valence-corrected chi connectivity index (χ4v) is 4.04. The smallest absolute Gasteiger partial charge is 0.426 e. The summed E-state index contributed by atoms with van der Waals surface area (Å²) in [6, 6.07) is 0. The van der Waals surface area contributed by atoms with Gasteiger partial charge >= 0.3 is 12.2 Å². The zero-order valence-electron chi connectivity index (χ0n) is 22.6. The summed E-state index contributed by atoms with van der Waals surface area (Å²) in [5.74, 6) is 0. The molecule has 0 radical (unpaired) electrons. The van der Waals surface area contributed by atoms with E-state index < -0.39 is 12.2 Å². The van der Waals surface area contributed by atoms with Crippen LogP contribution in [0.1, 0.15) is 155 Å². The summed E-state index contributed by atoms with van der Waals surface area (Å²) in [5, 5.41) is 0. The van der Waals surface area contributed by atoms with Crippen molar-refractivity contribution in [3.05, 3.63) is 0 Å². The van der Waals surface area contributed by atoms with Crippen LogP contribution in [-0.2, 0) is 9.47 Å². The zero-order valence-corrected chi connectivity index (χ0v) is 22.6. The summed E-state index contributed by atoms with van der Waals surface area (Å²) >= 11 is 0. The molecule has 0 aromatic heterocycles. The minimum Gasteiger partial charge on any atom is -0.448 e. The first-order valence-corrected chi connectivity index (χ1v) is 14.6. The van der Waals surface area contributed by atoms with Gasteiger partial charge in [0.1, 0.15) is 0 Å². The van der Waals surface area contributed by atoms with Gasteiger partial charge in [-0.2, -0.15) is 0 Å². The molecule has 0 heterocycles. The number of ether oxygens (including phenoxy) is 2. The Bertz CT molecular complexity index is 446. The molecular formula is C28H56N2O4. The number of carbonyl (C=O) groups excluding carboxylic acids is 2. The monoisotopic (exact) mass is 484 g/mol. The second kappa shape index (κ2) is 27.8. The molecule has 2 N–H and O–H groups in total. The predicted octanol–water partition coefficient (Wildman–Crippen LogP) is 8.98. The lowest BCUT2D eigenvalue weighted by Crippen LogP contribution is -2.42. The Kier molecular flexibility index (Phi) is 26.6. The summed E-state index contributed by atoms with van der Waals surface area (Å²) in [7, 11) is 0. The number of nitrogens with one attached hydrogen (secondary N) is 2. The predicted molar refractivity (Wildman–Crippen MR) is 142 cm³/mol. The third kappa shape index (κ3) is 26.8. The van der Waals surface area contributed by atoms with Crippen molar-refractivity contribution in [1.82, 2.24) is 10.9 Å². The van der Waals surface area contributed by atoms with Crippen LogP contribution < -0.4 is 10.9 Å². The first kappa shape index (κ1) is 32.5. The van der Waals surface area contributed by atoms with Crippen LogP contribution in [-0.4, -0.2) is 25.4 Å². The molecule has 0 unspecified atom stereocenters. The van der Waals surface area contributed by atoms with E-state index in [-0.39, 0.29) is 0 Å². The molecule has 0 saturated carbocycles. The van der Waals surface area contributed by atoms with Crippen molar-refractivity contribution in [3.8, 4) is 0 Å². The number of rotatable bonds is 24. The molecule has 0 fully saturated rings. The quantitative estimate of drug-likeness (QED) is 0.106. The van der Waals surface area contributed by atoms with Gasteiger partial charge in [0.2, 0.25) is 0 Å². The molecule has 0 aliphatic rings. The molecule has 0 saturated heterocycles. The molecule has 0 aliphatic carbocycles. The summed E-state index contributed by atoms with van der Waals surface area (Å²) in [6.07, 6.45) is 26.5. The number of carbonyl (C=O) groups is 2. The van der Waals surface area contributed by atoms with Gasteiger partial charge in [-0.25, -0.2) is 20.4 Å². The van der Waals surface area contributed by atoms with Crippen LogP contribution in [0.25, 0.3) is 0 Å². The van der Waals surface area contributed by atoms with E-state index in [1.54, 1.807) is 0 Å². The fourth-order valence-electron chi connectivity index (χ4n) is 4.04. The van der Waals surface area contributed by atoms with Crippen molar-refractivity contribution >= 4 is 12.2 Å². The summed E-state index contributed by atoms with van der Waals surface area (Å²) in [6.45, 7) is 5.20. The molecule has 0 aromatic rings. The van der Waals surface area contributed by atoms with Crippen LogP contribution in [0.5, 0.6) is 0 Å². The SMILES string of the molecule is CCCCCCCCCCCCCCCCCCOC(=O)NNC(=O)OCCCCCCCC. The number of unbranched alkanes of at least 4 members (excludes halogenated alkanes) is 20. The summed E-state index contributed by atoms with van der Waals surface area (Å²) < 4.78 is 10.1. The molecule has 0 aromatic carbocycles. The molecule has 6 heteroatoms. The van der Waals surface area contributed by atoms with E-state index in [9.17, 15) is 9.59 Å². The average Bonchev–Trinajstić information content (AvgIpc) is 2.84. The van der Waals surface area contributed by atoms with Crippen molar-refractivity contribution in [1.29, 1.82) is 0 Å². The molecular weight excluding hydrogens is 428 g/mol. The Hall–Kier alpha value is -1.46. The minimum absolute atomic E-state index is 0.369. The Morgan fingerprint density at radius 1 is 0.412 bits per heavy atom. The molecule has 6 nitrogen and oxygen atoms in total. The summed E-state index contributed by atoms with van der Waals surface area (Å²) in [5.41, 5.74) is 4.43. The highest BCUT2D eigenvalue weighted by Crippen LogP contribution is 2.13. The number of hydrogen-bond donors (Lipinski definition) is 2. The van der Waals surface area contributed by atoms with Gasteiger partial charge in [-0.05, 0) is 12.8 Å². The standard InChI is InChI=1S/C28H56N2O4/c1-3-5-7-9-11-12-13-14-15-16-17-18-19-20-22-24-26-34-28(32)30-29-27(31)33-25-23-21-10-8-6-4-2/h3-26H2,1-2H3,(H,29,31)(H,30,32). The van der Waals surface area contributed by atoms with Gasteiger partial charge in [-0.3, -0.25) is 0 Å². The lowest BCUT2D eigenvalue weighted by molar-refractivity contribution is 0.122. The van der Waals surface area contributed by atoms with Crippen molar-refractivity contribution in [3.63, 3.8) is 0 Å². The largest absolute Gasteiger partial charge is 0.448 e. The third-order valence-electron chi connectivity index (χ3n) is 6.23. The van der Waals surface area contributed by atoms with Gasteiger partial charge < -0.3 is 9.47 Å². The molecule has 0 aliphatic heterocycles. The van der Waals surface area contributed by atoms with Gasteiger partial charge in [0, 0.05) is 0 Å². The average molecular weight is 485 g/mol. The minimum atomic E-state index is -0.645. The molecule has 0 atom stereocenters. The first-order chi connectivity index (χ1) is 16.7. The summed E-state index contributed by atoms with van der Waals surface area (Å²) in [4.78, 5) is 23.1. The van der Waals surface area contributed by atoms with E-state index in [4.69, 9.17) is 9.47 Å². The van der Waals surface area contributed by atoms with Crippen molar-refractivity contribution in [2.75, 3.05) is 13.2 Å². The van der Waals surface area contributed by atoms with Crippen molar-refractivity contribution < 1.29 is 19.1 Å². The highest BCUT2D eigenvalue weighted by Gasteiger charge is 2.05. The second-order valence-corrected chi connectivity index (χ2v) is 9.59. The van der Waals surface area contributed by atoms with E-state index in [0.717, 1.165) is 25.7 Å². The Morgan fingerprint density at radius 2 is 0.647 bits per heavy atom. The van der Waals surface area contributed by atoms with Crippen LogP contribution in [0.4, 0.5) is 9.59 Å². The van der Waals surface area contributed by atoms with Gasteiger partial charge in [-0.1, -0.05) is 142 Å². The van der Waals surface area contributed by atoms with E-state index in [1.165, 1.54) is 116 Å². The van der Waals surface area contributed by atoms with E-state index in [1.807, 2.05) is 0 Å². The first-order valence-electron chi connectivity index (χ1n) is 14.6. The number of hydrogen-bond acceptors (Lipinski definition) is 4. The van der Waals surface area contributed by atoms with Crippen molar-refractivity contribution in [2.24, 2.45) is 0 Å². The lowest BCUT2D eigenvalue weighted by Gasteiger charge is -2.09. The normalized spacial score (nSPS) is 10.8. The van der Waals surface area contributed by atoms with Crippen LogP contribution in [0.3, 0.4) is 0 Å². The molecule has 0 bridgehead atoms.